The van der Waals surface area contributed by atoms with E-state index in [0.717, 1.165) is 40.8 Å². The molecular formula is C19H21N5O. The van der Waals surface area contributed by atoms with Gasteiger partial charge in [-0.15, -0.1) is 5.10 Å². The monoisotopic (exact) mass is 335 g/mol. The van der Waals surface area contributed by atoms with Crippen molar-refractivity contribution in [1.29, 1.82) is 0 Å². The van der Waals surface area contributed by atoms with E-state index in [1.165, 1.54) is 12.8 Å². The molecule has 4 rings (SSSR count). The van der Waals surface area contributed by atoms with Crippen molar-refractivity contribution in [1.82, 2.24) is 24.9 Å². The molecule has 0 radical (unpaired) electrons. The smallest absolute Gasteiger partial charge is 0.152 e. The van der Waals surface area contributed by atoms with Crippen molar-refractivity contribution in [3.05, 3.63) is 42.4 Å². The first-order valence-electron chi connectivity index (χ1n) is 8.67. The first-order valence-corrected chi connectivity index (χ1v) is 8.67. The highest BCUT2D eigenvalue weighted by atomic mass is 16.1. The molecular weight excluding hydrogens is 314 g/mol. The van der Waals surface area contributed by atoms with Gasteiger partial charge in [-0.05, 0) is 43.5 Å². The third-order valence-electron chi connectivity index (χ3n) is 4.65. The number of benzene rings is 1. The number of hydrogen-bond acceptors (Lipinski definition) is 5. The Morgan fingerprint density at radius 3 is 2.76 bits per heavy atom. The van der Waals surface area contributed by atoms with Crippen LogP contribution in [0.3, 0.4) is 0 Å². The van der Waals surface area contributed by atoms with Gasteiger partial charge in [0, 0.05) is 29.9 Å². The van der Waals surface area contributed by atoms with E-state index in [4.69, 9.17) is 0 Å². The summed E-state index contributed by atoms with van der Waals surface area (Å²) in [6.45, 7) is 2.62. The van der Waals surface area contributed by atoms with E-state index < -0.39 is 0 Å². The highest BCUT2D eigenvalue weighted by molar-refractivity contribution is 5.88. The largest absolute Gasteiger partial charge is 0.298 e. The summed E-state index contributed by atoms with van der Waals surface area (Å²) in [6.07, 6.45) is 6.53. The molecule has 3 heterocycles. The Kier molecular flexibility index (Phi) is 4.28. The standard InChI is InChI=1S/C19H21N5O/c1-23-13-19(21-22-23)14-4-5-15-11-20-17(9-16(15)8-14)10-18(25)12-24-6-2-3-7-24/h4-5,8-9,11,13H,2-3,6-7,10,12H2,1H3. The summed E-state index contributed by atoms with van der Waals surface area (Å²) in [5.74, 6) is 0.235. The lowest BCUT2D eigenvalue weighted by Crippen LogP contribution is -2.27. The lowest BCUT2D eigenvalue weighted by atomic mass is 10.0. The van der Waals surface area contributed by atoms with Gasteiger partial charge in [0.25, 0.3) is 0 Å². The topological polar surface area (TPSA) is 63.9 Å². The normalized spacial score (nSPS) is 15.1. The minimum Gasteiger partial charge on any atom is -0.298 e. The fourth-order valence-corrected chi connectivity index (χ4v) is 3.37. The molecule has 1 aliphatic rings. The Morgan fingerprint density at radius 2 is 2.00 bits per heavy atom. The third kappa shape index (κ3) is 3.58. The van der Waals surface area contributed by atoms with Crippen LogP contribution in [-0.4, -0.2) is 50.3 Å². The Bertz CT molecular complexity index is 911. The number of Topliss-reactive ketones (excluding diaryl/α,β-unsaturated/α-hetero) is 1. The van der Waals surface area contributed by atoms with Gasteiger partial charge in [-0.3, -0.25) is 19.4 Å². The fraction of sp³-hybridized carbons (Fsp3) is 0.368. The van der Waals surface area contributed by atoms with Crippen molar-refractivity contribution in [2.75, 3.05) is 19.6 Å². The van der Waals surface area contributed by atoms with E-state index in [1.54, 1.807) is 4.68 Å². The number of carbonyl (C=O) groups is 1. The van der Waals surface area contributed by atoms with Crippen LogP contribution in [0.4, 0.5) is 0 Å². The molecule has 128 valence electrons. The lowest BCUT2D eigenvalue weighted by Gasteiger charge is -2.13. The minimum absolute atomic E-state index is 0.235. The SMILES string of the molecule is Cn1cc(-c2ccc3cnc(CC(=O)CN4CCCC4)cc3c2)nn1. The van der Waals surface area contributed by atoms with Crippen molar-refractivity contribution < 1.29 is 4.79 Å². The minimum atomic E-state index is 0.235. The summed E-state index contributed by atoms with van der Waals surface area (Å²) < 4.78 is 1.69. The molecule has 6 nitrogen and oxygen atoms in total. The van der Waals surface area contributed by atoms with Gasteiger partial charge in [-0.25, -0.2) is 0 Å². The second-order valence-corrected chi connectivity index (χ2v) is 6.71. The number of rotatable bonds is 5. The Morgan fingerprint density at radius 1 is 1.16 bits per heavy atom. The fourth-order valence-electron chi connectivity index (χ4n) is 3.37. The quantitative estimate of drug-likeness (QED) is 0.715. The zero-order valence-electron chi connectivity index (χ0n) is 14.4. The maximum absolute atomic E-state index is 12.3. The summed E-state index contributed by atoms with van der Waals surface area (Å²) >= 11 is 0. The summed E-state index contributed by atoms with van der Waals surface area (Å²) in [5.41, 5.74) is 2.68. The number of nitrogens with zero attached hydrogens (tertiary/aromatic N) is 5. The van der Waals surface area contributed by atoms with Crippen LogP contribution in [0.5, 0.6) is 0 Å². The number of aryl methyl sites for hydroxylation is 1. The zero-order valence-corrected chi connectivity index (χ0v) is 14.4. The van der Waals surface area contributed by atoms with Crippen molar-refractivity contribution in [2.24, 2.45) is 7.05 Å². The summed E-state index contributed by atoms with van der Waals surface area (Å²) in [6, 6.07) is 8.14. The molecule has 0 N–H and O–H groups in total. The Balaban J connectivity index is 1.54. The van der Waals surface area contributed by atoms with Gasteiger partial charge in [-0.2, -0.15) is 0 Å². The second-order valence-electron chi connectivity index (χ2n) is 6.71. The molecule has 0 aliphatic carbocycles. The first kappa shape index (κ1) is 15.9. The van der Waals surface area contributed by atoms with Gasteiger partial charge in [0.1, 0.15) is 5.69 Å². The van der Waals surface area contributed by atoms with Crippen molar-refractivity contribution in [2.45, 2.75) is 19.3 Å². The van der Waals surface area contributed by atoms with Crippen molar-refractivity contribution >= 4 is 16.6 Å². The second kappa shape index (κ2) is 6.72. The summed E-state index contributed by atoms with van der Waals surface area (Å²) in [5, 5.41) is 10.3. The molecule has 3 aromatic rings. The summed E-state index contributed by atoms with van der Waals surface area (Å²) in [7, 11) is 1.85. The van der Waals surface area contributed by atoms with Crippen LogP contribution in [0, 0.1) is 0 Å². The molecule has 0 bridgehead atoms. The maximum Gasteiger partial charge on any atom is 0.152 e. The average Bonchev–Trinajstić information content (AvgIpc) is 3.26. The van der Waals surface area contributed by atoms with Crippen LogP contribution in [-0.2, 0) is 18.3 Å². The first-order chi connectivity index (χ1) is 12.2. The van der Waals surface area contributed by atoms with Crippen LogP contribution in [0.25, 0.3) is 22.0 Å². The molecule has 2 aromatic heterocycles. The highest BCUT2D eigenvalue weighted by Crippen LogP contribution is 2.23. The number of aromatic nitrogens is 4. The predicted molar refractivity (Wildman–Crippen MR) is 96.1 cm³/mol. The van der Waals surface area contributed by atoms with E-state index in [2.05, 4.69) is 26.3 Å². The average molecular weight is 335 g/mol. The van der Waals surface area contributed by atoms with Crippen LogP contribution >= 0.6 is 0 Å². The Labute approximate surface area is 146 Å². The Hall–Kier alpha value is -2.60. The van der Waals surface area contributed by atoms with Crippen LogP contribution in [0.1, 0.15) is 18.5 Å². The molecule has 0 saturated carbocycles. The third-order valence-corrected chi connectivity index (χ3v) is 4.65. The molecule has 1 aliphatic heterocycles. The van der Waals surface area contributed by atoms with Gasteiger partial charge in [0.05, 0.1) is 19.2 Å². The lowest BCUT2D eigenvalue weighted by molar-refractivity contribution is -0.119. The van der Waals surface area contributed by atoms with E-state index in [0.29, 0.717) is 13.0 Å². The van der Waals surface area contributed by atoms with Crippen LogP contribution in [0.2, 0.25) is 0 Å². The van der Waals surface area contributed by atoms with Crippen LogP contribution < -0.4 is 0 Å². The molecule has 0 spiro atoms. The van der Waals surface area contributed by atoms with Gasteiger partial charge in [-0.1, -0.05) is 17.3 Å². The molecule has 25 heavy (non-hydrogen) atoms. The molecule has 1 aromatic carbocycles. The van der Waals surface area contributed by atoms with Gasteiger partial charge in [0.2, 0.25) is 0 Å². The van der Waals surface area contributed by atoms with E-state index in [9.17, 15) is 4.79 Å². The number of pyridine rings is 1. The zero-order chi connectivity index (χ0) is 17.2. The molecule has 0 atom stereocenters. The molecule has 1 fully saturated rings. The van der Waals surface area contributed by atoms with E-state index in [1.807, 2.05) is 37.6 Å². The predicted octanol–water partition coefficient (Wildman–Crippen LogP) is 2.24. The van der Waals surface area contributed by atoms with Crippen molar-refractivity contribution in [3.8, 4) is 11.3 Å². The number of ketones is 1. The van der Waals surface area contributed by atoms with E-state index >= 15 is 0 Å². The van der Waals surface area contributed by atoms with Gasteiger partial charge >= 0.3 is 0 Å². The van der Waals surface area contributed by atoms with Crippen LogP contribution in [0.15, 0.2) is 36.7 Å². The molecule has 6 heteroatoms. The molecule has 1 saturated heterocycles. The van der Waals surface area contributed by atoms with E-state index in [-0.39, 0.29) is 5.78 Å². The highest BCUT2D eigenvalue weighted by Gasteiger charge is 2.16. The molecule has 0 unspecified atom stereocenters. The van der Waals surface area contributed by atoms with Gasteiger partial charge in [0.15, 0.2) is 5.78 Å². The number of likely N-dealkylation sites (tertiary alicyclic amines) is 1. The maximum atomic E-state index is 12.3. The summed E-state index contributed by atoms with van der Waals surface area (Å²) in [4.78, 5) is 19.0. The van der Waals surface area contributed by atoms with Crippen molar-refractivity contribution in [3.63, 3.8) is 0 Å². The van der Waals surface area contributed by atoms with Gasteiger partial charge < -0.3 is 0 Å². The molecule has 0 amide bonds. The number of fused-ring (bicyclic) bond motifs is 1. The number of carbonyl (C=O) groups excluding carboxylic acids is 1. The number of hydrogen-bond donors (Lipinski definition) is 0.